The Hall–Kier alpha value is -4.48. The normalized spacial score (nSPS) is 33.4. The van der Waals surface area contributed by atoms with Crippen molar-refractivity contribution < 1.29 is 53.2 Å². The lowest BCUT2D eigenvalue weighted by molar-refractivity contribution is -0.217. The lowest BCUT2D eigenvalue weighted by Crippen LogP contribution is -2.69. The van der Waals surface area contributed by atoms with Gasteiger partial charge in [0.15, 0.2) is 23.8 Å². The van der Waals surface area contributed by atoms with Crippen LogP contribution in [0.4, 0.5) is 4.39 Å². The number of aliphatic hydroxyl groups excluding tert-OH is 1. The monoisotopic (exact) mass is 688 g/mol. The number of aliphatic hydroxyl groups is 2. The van der Waals surface area contributed by atoms with Crippen molar-refractivity contribution in [3.05, 3.63) is 88.5 Å². The van der Waals surface area contributed by atoms with Gasteiger partial charge < -0.3 is 24.8 Å². The van der Waals surface area contributed by atoms with Crippen molar-refractivity contribution >= 4 is 29.3 Å². The summed E-state index contributed by atoms with van der Waals surface area (Å²) < 4.78 is 27.3. The zero-order valence-corrected chi connectivity index (χ0v) is 28.2. The number of Topliss-reactive ketones (excluding diaryl/α,β-unsaturated/α-hetero) is 1. The van der Waals surface area contributed by atoms with E-state index in [2.05, 4.69) is 0 Å². The number of benzene rings is 2. The molecule has 1 aliphatic heterocycles. The van der Waals surface area contributed by atoms with Crippen LogP contribution in [0.5, 0.6) is 5.75 Å². The standard InChI is InChI=1S/C23H29FO6.C16H12O4/c1-13(25)30-12-19(28)22(29)9-7-16-17-5-4-14-10-15(26)6-8-20(14,2)23(17,24)18(27)11-21(16,22)3;17-15(18)8-10-5-6-14-13(7-10)16(19)12-4-2-1-3-11(12)9-20-14/h6,8,10,16-18,27,29H,4-5,7,9,11-12H2,1-3H3;1-7H,8-9H2,(H,17,18)/t16-,17-,18-,20-,21-,22-,23-;/m0./s1. The first-order valence-electron chi connectivity index (χ1n) is 16.9. The van der Waals surface area contributed by atoms with Gasteiger partial charge in [0.25, 0.3) is 0 Å². The molecule has 5 aliphatic rings. The van der Waals surface area contributed by atoms with Gasteiger partial charge in [0.1, 0.15) is 18.0 Å². The summed E-state index contributed by atoms with van der Waals surface area (Å²) >= 11 is 0. The quantitative estimate of drug-likeness (QED) is 0.377. The maximum Gasteiger partial charge on any atom is 0.307 e. The molecular formula is C39H41FO10. The van der Waals surface area contributed by atoms with Crippen LogP contribution in [-0.2, 0) is 36.9 Å². The van der Waals surface area contributed by atoms with Crippen molar-refractivity contribution in [2.24, 2.45) is 22.7 Å². The first kappa shape index (κ1) is 35.3. The second-order valence-corrected chi connectivity index (χ2v) is 14.5. The second kappa shape index (κ2) is 12.7. The van der Waals surface area contributed by atoms with Crippen LogP contribution in [0.2, 0.25) is 0 Å². The summed E-state index contributed by atoms with van der Waals surface area (Å²) in [6, 6.07) is 12.2. The number of hydrogen-bond acceptors (Lipinski definition) is 9. The number of ether oxygens (including phenoxy) is 2. The van der Waals surface area contributed by atoms with Crippen molar-refractivity contribution in [1.82, 2.24) is 0 Å². The molecule has 0 bridgehead atoms. The minimum absolute atomic E-state index is 0.0857. The van der Waals surface area contributed by atoms with Gasteiger partial charge in [-0.1, -0.05) is 48.9 Å². The lowest BCUT2D eigenvalue weighted by Gasteiger charge is -2.62. The van der Waals surface area contributed by atoms with E-state index in [0.717, 1.165) is 5.56 Å². The van der Waals surface area contributed by atoms with Gasteiger partial charge in [-0.2, -0.15) is 0 Å². The molecule has 7 atom stereocenters. The van der Waals surface area contributed by atoms with E-state index in [4.69, 9.17) is 14.6 Å². The number of esters is 1. The highest BCUT2D eigenvalue weighted by Crippen LogP contribution is 2.69. The number of alkyl halides is 1. The molecule has 0 unspecified atom stereocenters. The van der Waals surface area contributed by atoms with Crippen molar-refractivity contribution in [2.75, 3.05) is 6.61 Å². The van der Waals surface area contributed by atoms with E-state index < -0.39 is 58.5 Å². The molecule has 0 radical (unpaired) electrons. The van der Waals surface area contributed by atoms with E-state index in [1.54, 1.807) is 44.2 Å². The van der Waals surface area contributed by atoms with Crippen LogP contribution in [0.25, 0.3) is 0 Å². The minimum Gasteiger partial charge on any atom is -0.488 e. The van der Waals surface area contributed by atoms with Gasteiger partial charge in [-0.3, -0.25) is 24.0 Å². The lowest BCUT2D eigenvalue weighted by atomic mass is 9.44. The molecule has 2 aromatic rings. The molecule has 2 aromatic carbocycles. The van der Waals surface area contributed by atoms with E-state index in [-0.39, 0.29) is 36.7 Å². The number of allylic oxidation sites excluding steroid dienone is 4. The number of hydrogen-bond donors (Lipinski definition) is 3. The Bertz CT molecular complexity index is 1850. The fourth-order valence-electron chi connectivity index (χ4n) is 9.29. The van der Waals surface area contributed by atoms with Crippen LogP contribution in [0.1, 0.15) is 79.9 Å². The predicted molar refractivity (Wildman–Crippen MR) is 177 cm³/mol. The maximum atomic E-state index is 16.9. The Balaban J connectivity index is 0.000000187. The Morgan fingerprint density at radius 2 is 1.78 bits per heavy atom. The van der Waals surface area contributed by atoms with E-state index >= 15 is 4.39 Å². The van der Waals surface area contributed by atoms with Crippen molar-refractivity contribution in [2.45, 2.75) is 83.3 Å². The van der Waals surface area contributed by atoms with Gasteiger partial charge in [0.05, 0.1) is 18.1 Å². The highest BCUT2D eigenvalue weighted by molar-refractivity contribution is 6.12. The summed E-state index contributed by atoms with van der Waals surface area (Å²) in [5.41, 5.74) is -2.76. The van der Waals surface area contributed by atoms with Gasteiger partial charge in [0.2, 0.25) is 5.78 Å². The highest BCUT2D eigenvalue weighted by Gasteiger charge is 2.74. The smallest absolute Gasteiger partial charge is 0.307 e. The molecule has 3 N–H and O–H groups in total. The Morgan fingerprint density at radius 3 is 2.50 bits per heavy atom. The number of fused-ring (bicyclic) bond motifs is 7. The third-order valence-electron chi connectivity index (χ3n) is 12.0. The third-order valence-corrected chi connectivity index (χ3v) is 12.0. The fourth-order valence-corrected chi connectivity index (χ4v) is 9.29. The summed E-state index contributed by atoms with van der Waals surface area (Å²) in [6.45, 7) is 4.47. The summed E-state index contributed by atoms with van der Waals surface area (Å²) in [5, 5.41) is 31.4. The highest BCUT2D eigenvalue weighted by atomic mass is 19.1. The molecule has 7 rings (SSSR count). The molecule has 10 nitrogen and oxygen atoms in total. The molecule has 0 amide bonds. The van der Waals surface area contributed by atoms with E-state index in [1.165, 1.54) is 19.1 Å². The average molecular weight is 689 g/mol. The third kappa shape index (κ3) is 5.51. The first-order valence-corrected chi connectivity index (χ1v) is 16.9. The number of rotatable bonds is 5. The zero-order valence-electron chi connectivity index (χ0n) is 28.2. The maximum absolute atomic E-state index is 16.9. The van der Waals surface area contributed by atoms with Gasteiger partial charge in [-0.05, 0) is 74.8 Å². The molecule has 3 fully saturated rings. The average Bonchev–Trinajstić information content (AvgIpc) is 3.25. The van der Waals surface area contributed by atoms with Gasteiger partial charge in [0, 0.05) is 34.8 Å². The summed E-state index contributed by atoms with van der Waals surface area (Å²) in [7, 11) is 0. The second-order valence-electron chi connectivity index (χ2n) is 14.5. The van der Waals surface area contributed by atoms with Crippen LogP contribution in [0.3, 0.4) is 0 Å². The van der Waals surface area contributed by atoms with Crippen LogP contribution in [-0.4, -0.2) is 68.6 Å². The summed E-state index contributed by atoms with van der Waals surface area (Å²) in [4.78, 5) is 59.1. The van der Waals surface area contributed by atoms with Crippen molar-refractivity contribution in [3.63, 3.8) is 0 Å². The number of halogens is 1. The Labute approximate surface area is 289 Å². The summed E-state index contributed by atoms with van der Waals surface area (Å²) in [5.74, 6) is -2.83. The van der Waals surface area contributed by atoms with Crippen molar-refractivity contribution in [3.8, 4) is 5.75 Å². The molecule has 4 aliphatic carbocycles. The Morgan fingerprint density at radius 1 is 1.04 bits per heavy atom. The zero-order chi connectivity index (χ0) is 36.2. The molecule has 1 heterocycles. The van der Waals surface area contributed by atoms with Crippen LogP contribution in [0.15, 0.2) is 66.3 Å². The molecular weight excluding hydrogens is 647 g/mol. The fraction of sp³-hybridized carbons (Fsp3) is 0.462. The largest absolute Gasteiger partial charge is 0.488 e. The predicted octanol–water partition coefficient (Wildman–Crippen LogP) is 4.66. The number of carbonyl (C=O) groups excluding carboxylic acids is 4. The number of carboxylic acid groups (broad SMARTS) is 1. The van der Waals surface area contributed by atoms with Crippen molar-refractivity contribution in [1.29, 1.82) is 0 Å². The summed E-state index contributed by atoms with van der Waals surface area (Å²) in [6.07, 6.45) is 4.36. The molecule has 50 heavy (non-hydrogen) atoms. The van der Waals surface area contributed by atoms with Crippen LogP contribution in [0, 0.1) is 22.7 Å². The van der Waals surface area contributed by atoms with E-state index in [0.29, 0.717) is 53.9 Å². The van der Waals surface area contributed by atoms with E-state index in [9.17, 15) is 34.2 Å². The molecule has 0 spiro atoms. The Kier molecular flexibility index (Phi) is 8.97. The van der Waals surface area contributed by atoms with Crippen LogP contribution < -0.4 is 4.74 Å². The molecule has 3 saturated carbocycles. The topological polar surface area (TPSA) is 164 Å². The number of carboxylic acids is 1. The van der Waals surface area contributed by atoms with Gasteiger partial charge >= 0.3 is 11.9 Å². The first-order chi connectivity index (χ1) is 23.5. The molecule has 0 aromatic heterocycles. The van der Waals surface area contributed by atoms with Gasteiger partial charge in [-0.25, -0.2) is 4.39 Å². The molecule has 0 saturated heterocycles. The molecule has 264 valence electrons. The SMILES string of the molecule is CC(=O)OCC(=O)[C@@]1(O)CC[C@H]2[C@@H]3CCC4=CC(=O)C=C[C@]4(C)[C@@]3(F)[C@@H](O)C[C@@]21C.O=C(O)Cc1ccc2c(c1)C(=O)c1ccccc1CO2. The van der Waals surface area contributed by atoms with Gasteiger partial charge in [-0.15, -0.1) is 0 Å². The minimum atomic E-state index is -2.00. The van der Waals surface area contributed by atoms with E-state index in [1.807, 2.05) is 18.2 Å². The number of ketones is 3. The number of carbonyl (C=O) groups is 5. The molecule has 11 heteroatoms. The number of aliphatic carboxylic acids is 1. The van der Waals surface area contributed by atoms with Crippen LogP contribution >= 0.6 is 0 Å².